The van der Waals surface area contributed by atoms with E-state index >= 15 is 0 Å². The van der Waals surface area contributed by atoms with Crippen LogP contribution in [0.5, 0.6) is 0 Å². The normalized spacial score (nSPS) is 10.2. The summed E-state index contributed by atoms with van der Waals surface area (Å²) in [5.74, 6) is -0.411. The van der Waals surface area contributed by atoms with E-state index in [0.717, 1.165) is 10.4 Å². The summed E-state index contributed by atoms with van der Waals surface area (Å²) < 4.78 is 1.39. The van der Waals surface area contributed by atoms with Gasteiger partial charge in [0.15, 0.2) is 0 Å². The Bertz CT molecular complexity index is 997. The van der Waals surface area contributed by atoms with Crippen molar-refractivity contribution in [1.82, 2.24) is 4.57 Å². The van der Waals surface area contributed by atoms with E-state index in [-0.39, 0.29) is 11.1 Å². The third kappa shape index (κ3) is 3.12. The van der Waals surface area contributed by atoms with E-state index in [1.807, 2.05) is 30.3 Å². The van der Waals surface area contributed by atoms with Gasteiger partial charge in [-0.2, -0.15) is 5.26 Å². The van der Waals surface area contributed by atoms with Gasteiger partial charge in [-0.3, -0.25) is 9.59 Å². The van der Waals surface area contributed by atoms with Crippen LogP contribution in [0.2, 0.25) is 0 Å². The zero-order valence-corrected chi connectivity index (χ0v) is 13.6. The smallest absolute Gasteiger partial charge is 0.256 e. The average Bonchev–Trinajstić information content (AvgIpc) is 3.01. The minimum atomic E-state index is -0.411. The number of pyridine rings is 1. The summed E-state index contributed by atoms with van der Waals surface area (Å²) in [6.45, 7) is 0. The fourth-order valence-corrected chi connectivity index (χ4v) is 3.19. The first-order chi connectivity index (χ1) is 11.6. The summed E-state index contributed by atoms with van der Waals surface area (Å²) in [6.07, 6.45) is 1.53. The Kier molecular flexibility index (Phi) is 4.27. The first kappa shape index (κ1) is 15.7. The van der Waals surface area contributed by atoms with Gasteiger partial charge in [0.25, 0.3) is 11.5 Å². The lowest BCUT2D eigenvalue weighted by atomic mass is 10.2. The zero-order valence-electron chi connectivity index (χ0n) is 12.8. The summed E-state index contributed by atoms with van der Waals surface area (Å²) in [7, 11) is 1.61. The number of aromatic nitrogens is 1. The summed E-state index contributed by atoms with van der Waals surface area (Å²) in [5.41, 5.74) is 1.38. The second-order valence-corrected chi connectivity index (χ2v) is 6.20. The molecule has 2 heterocycles. The molecule has 0 saturated heterocycles. The number of aryl methyl sites for hydroxylation is 1. The van der Waals surface area contributed by atoms with Crippen LogP contribution in [0, 0.1) is 11.3 Å². The van der Waals surface area contributed by atoms with Gasteiger partial charge in [-0.1, -0.05) is 30.3 Å². The number of rotatable bonds is 3. The van der Waals surface area contributed by atoms with Crippen LogP contribution in [0.3, 0.4) is 0 Å². The maximum absolute atomic E-state index is 12.3. The van der Waals surface area contributed by atoms with Crippen LogP contribution >= 0.6 is 11.3 Å². The van der Waals surface area contributed by atoms with Gasteiger partial charge in [0.05, 0.1) is 5.56 Å². The van der Waals surface area contributed by atoms with Crippen molar-refractivity contribution in [3.63, 3.8) is 0 Å². The van der Waals surface area contributed by atoms with Crippen LogP contribution < -0.4 is 10.9 Å². The molecule has 5 nitrogen and oxygen atoms in total. The number of hydrogen-bond donors (Lipinski definition) is 1. The van der Waals surface area contributed by atoms with Crippen LogP contribution in [0.25, 0.3) is 10.4 Å². The molecule has 0 radical (unpaired) electrons. The predicted molar refractivity (Wildman–Crippen MR) is 94.1 cm³/mol. The molecule has 118 valence electrons. The summed E-state index contributed by atoms with van der Waals surface area (Å²) in [6, 6.07) is 16.3. The highest BCUT2D eigenvalue weighted by atomic mass is 32.1. The SMILES string of the molecule is Cn1ccc(C(=O)Nc2sc(-c3ccccc3)cc2C#N)cc1=O. The molecule has 3 aromatic rings. The van der Waals surface area contributed by atoms with Crippen LogP contribution in [0.15, 0.2) is 59.5 Å². The Morgan fingerprint density at radius 1 is 1.21 bits per heavy atom. The molecular formula is C18H13N3O2S. The molecule has 1 amide bonds. The van der Waals surface area contributed by atoms with Crippen molar-refractivity contribution in [2.45, 2.75) is 0 Å². The van der Waals surface area contributed by atoms with Gasteiger partial charge in [-0.05, 0) is 17.7 Å². The van der Waals surface area contributed by atoms with Crippen LogP contribution in [0.1, 0.15) is 15.9 Å². The minimum Gasteiger partial charge on any atom is -0.319 e. The monoisotopic (exact) mass is 335 g/mol. The molecule has 2 aromatic heterocycles. The number of nitriles is 1. The van der Waals surface area contributed by atoms with Crippen LogP contribution in [-0.4, -0.2) is 10.5 Å². The van der Waals surface area contributed by atoms with E-state index in [9.17, 15) is 14.9 Å². The number of benzene rings is 1. The molecule has 0 atom stereocenters. The maximum Gasteiger partial charge on any atom is 0.256 e. The lowest BCUT2D eigenvalue weighted by Gasteiger charge is -2.04. The van der Waals surface area contributed by atoms with E-state index in [4.69, 9.17) is 0 Å². The van der Waals surface area contributed by atoms with Crippen molar-refractivity contribution in [1.29, 1.82) is 5.26 Å². The van der Waals surface area contributed by atoms with Crippen molar-refractivity contribution in [2.75, 3.05) is 5.32 Å². The molecule has 0 unspecified atom stereocenters. The van der Waals surface area contributed by atoms with Gasteiger partial charge in [0, 0.05) is 29.8 Å². The summed E-state index contributed by atoms with van der Waals surface area (Å²) in [4.78, 5) is 24.9. The Hall–Kier alpha value is -3.17. The molecule has 0 aliphatic heterocycles. The molecule has 1 N–H and O–H groups in total. The number of amides is 1. The van der Waals surface area contributed by atoms with E-state index in [0.29, 0.717) is 10.6 Å². The Balaban J connectivity index is 1.91. The van der Waals surface area contributed by atoms with E-state index in [2.05, 4.69) is 11.4 Å². The van der Waals surface area contributed by atoms with Gasteiger partial charge >= 0.3 is 0 Å². The fraction of sp³-hybridized carbons (Fsp3) is 0.0556. The summed E-state index contributed by atoms with van der Waals surface area (Å²) in [5, 5.41) is 12.5. The highest BCUT2D eigenvalue weighted by Gasteiger charge is 2.14. The number of nitrogens with one attached hydrogen (secondary N) is 1. The van der Waals surface area contributed by atoms with Gasteiger partial charge in [-0.15, -0.1) is 11.3 Å². The molecule has 3 rings (SSSR count). The zero-order chi connectivity index (χ0) is 17.1. The van der Waals surface area contributed by atoms with Gasteiger partial charge < -0.3 is 9.88 Å². The quantitative estimate of drug-likeness (QED) is 0.798. The summed E-state index contributed by atoms with van der Waals surface area (Å²) >= 11 is 1.33. The predicted octanol–water partition coefficient (Wildman–Crippen LogP) is 3.24. The number of nitrogens with zero attached hydrogens (tertiary/aromatic N) is 2. The molecule has 6 heteroatoms. The van der Waals surface area contributed by atoms with Crippen LogP contribution in [-0.2, 0) is 7.05 Å². The van der Waals surface area contributed by atoms with Gasteiger partial charge in [-0.25, -0.2) is 0 Å². The van der Waals surface area contributed by atoms with E-state index < -0.39 is 5.91 Å². The van der Waals surface area contributed by atoms with E-state index in [1.165, 1.54) is 28.2 Å². The number of anilines is 1. The second-order valence-electron chi connectivity index (χ2n) is 5.15. The lowest BCUT2D eigenvalue weighted by molar-refractivity contribution is 0.102. The number of thiophene rings is 1. The Labute approximate surface area is 142 Å². The first-order valence-electron chi connectivity index (χ1n) is 7.16. The largest absolute Gasteiger partial charge is 0.319 e. The maximum atomic E-state index is 12.3. The van der Waals surface area contributed by atoms with Crippen molar-refractivity contribution in [2.24, 2.45) is 7.05 Å². The Morgan fingerprint density at radius 2 is 1.96 bits per heavy atom. The van der Waals surface area contributed by atoms with E-state index in [1.54, 1.807) is 19.2 Å². The number of carbonyl (C=O) groups is 1. The van der Waals surface area contributed by atoms with Gasteiger partial charge in [0.1, 0.15) is 11.1 Å². The lowest BCUT2D eigenvalue weighted by Crippen LogP contribution is -2.19. The fourth-order valence-electron chi connectivity index (χ4n) is 2.18. The van der Waals surface area contributed by atoms with Crippen molar-refractivity contribution >= 4 is 22.2 Å². The standard InChI is InChI=1S/C18H13N3O2S/c1-21-8-7-13(10-16(21)22)17(23)20-18-14(11-19)9-15(24-18)12-5-3-2-4-6-12/h2-10H,1H3,(H,20,23). The number of hydrogen-bond acceptors (Lipinski definition) is 4. The molecule has 0 aliphatic carbocycles. The molecule has 0 saturated carbocycles. The molecule has 24 heavy (non-hydrogen) atoms. The molecule has 0 bridgehead atoms. The van der Waals surface area contributed by atoms with Crippen molar-refractivity contribution in [3.05, 3.63) is 76.2 Å². The molecule has 0 aliphatic rings. The highest BCUT2D eigenvalue weighted by Crippen LogP contribution is 2.35. The van der Waals surface area contributed by atoms with Crippen molar-refractivity contribution in [3.8, 4) is 16.5 Å². The average molecular weight is 335 g/mol. The molecular weight excluding hydrogens is 322 g/mol. The van der Waals surface area contributed by atoms with Gasteiger partial charge in [0.2, 0.25) is 0 Å². The highest BCUT2D eigenvalue weighted by molar-refractivity contribution is 7.19. The third-order valence-corrected chi connectivity index (χ3v) is 4.60. The number of carbonyl (C=O) groups excluding carboxylic acids is 1. The molecule has 0 spiro atoms. The Morgan fingerprint density at radius 3 is 2.62 bits per heavy atom. The molecule has 0 fully saturated rings. The van der Waals surface area contributed by atoms with Crippen LogP contribution in [0.4, 0.5) is 5.00 Å². The third-order valence-electron chi connectivity index (χ3n) is 3.50. The second kappa shape index (κ2) is 6.52. The minimum absolute atomic E-state index is 0.261. The molecule has 1 aromatic carbocycles. The topological polar surface area (TPSA) is 74.9 Å². The first-order valence-corrected chi connectivity index (χ1v) is 7.97. The van der Waals surface area contributed by atoms with Crippen molar-refractivity contribution < 1.29 is 4.79 Å².